The minimum atomic E-state index is 0.0696. The average Bonchev–Trinajstić information content (AvgIpc) is 2.20. The minimum absolute atomic E-state index is 0.0696. The second-order valence-corrected chi connectivity index (χ2v) is 4.63. The molecule has 82 valence electrons. The van der Waals surface area contributed by atoms with E-state index in [-0.39, 0.29) is 5.50 Å². The molecule has 1 saturated heterocycles. The Morgan fingerprint density at radius 1 is 1.40 bits per heavy atom. The molecular weight excluding hydrogens is 208 g/mol. The summed E-state index contributed by atoms with van der Waals surface area (Å²) in [6.45, 7) is 7.12. The summed E-state index contributed by atoms with van der Waals surface area (Å²) in [6, 6.07) is 6.53. The first-order valence-electron chi connectivity index (χ1n) is 5.37. The molecule has 3 heteroatoms. The molecule has 0 radical (unpaired) electrons. The number of nitrogens with one attached hydrogen (secondary N) is 1. The van der Waals surface area contributed by atoms with Crippen LogP contribution in [0.2, 0.25) is 0 Å². The van der Waals surface area contributed by atoms with Crippen molar-refractivity contribution in [3.05, 3.63) is 29.3 Å². The Labute approximate surface area is 96.2 Å². The van der Waals surface area contributed by atoms with Crippen LogP contribution in [0.3, 0.4) is 0 Å². The fourth-order valence-electron chi connectivity index (χ4n) is 2.07. The highest BCUT2D eigenvalue weighted by Crippen LogP contribution is 2.25. The van der Waals surface area contributed by atoms with E-state index in [0.717, 1.165) is 19.6 Å². The van der Waals surface area contributed by atoms with Crippen molar-refractivity contribution in [3.8, 4) is 0 Å². The van der Waals surface area contributed by atoms with Gasteiger partial charge in [0, 0.05) is 25.3 Å². The molecule has 1 N–H and O–H groups in total. The van der Waals surface area contributed by atoms with Gasteiger partial charge < -0.3 is 10.2 Å². The third-order valence-electron chi connectivity index (χ3n) is 2.84. The molecule has 1 heterocycles. The molecule has 2 nitrogen and oxygen atoms in total. The molecule has 1 aliphatic rings. The molecule has 0 spiro atoms. The predicted octanol–water partition coefficient (Wildman–Crippen LogP) is 2.28. The van der Waals surface area contributed by atoms with Gasteiger partial charge in [0.25, 0.3) is 0 Å². The molecule has 1 aliphatic heterocycles. The number of anilines is 1. The molecule has 2 rings (SSSR count). The summed E-state index contributed by atoms with van der Waals surface area (Å²) in [6.07, 6.45) is 0. The van der Waals surface area contributed by atoms with E-state index in [1.807, 2.05) is 0 Å². The van der Waals surface area contributed by atoms with Crippen LogP contribution in [0.4, 0.5) is 5.69 Å². The SMILES string of the molecule is Cc1ccc(N2CCNCC2Cl)c(C)c1. The van der Waals surface area contributed by atoms with Crippen molar-refractivity contribution in [1.82, 2.24) is 5.32 Å². The Morgan fingerprint density at radius 2 is 2.20 bits per heavy atom. The summed E-state index contributed by atoms with van der Waals surface area (Å²) < 4.78 is 0. The van der Waals surface area contributed by atoms with E-state index in [1.54, 1.807) is 0 Å². The molecule has 1 fully saturated rings. The number of benzene rings is 1. The van der Waals surface area contributed by atoms with Crippen LogP contribution in [0.25, 0.3) is 0 Å². The van der Waals surface area contributed by atoms with E-state index in [4.69, 9.17) is 11.6 Å². The highest BCUT2D eigenvalue weighted by atomic mass is 35.5. The third-order valence-corrected chi connectivity index (χ3v) is 3.23. The molecule has 1 atom stereocenters. The monoisotopic (exact) mass is 224 g/mol. The first-order valence-corrected chi connectivity index (χ1v) is 5.81. The lowest BCUT2D eigenvalue weighted by Crippen LogP contribution is -2.48. The Balaban J connectivity index is 2.27. The highest BCUT2D eigenvalue weighted by molar-refractivity contribution is 6.22. The second-order valence-electron chi connectivity index (χ2n) is 4.12. The number of nitrogens with zero attached hydrogens (tertiary/aromatic N) is 1. The van der Waals surface area contributed by atoms with E-state index in [2.05, 4.69) is 42.3 Å². The van der Waals surface area contributed by atoms with Crippen molar-refractivity contribution in [2.24, 2.45) is 0 Å². The van der Waals surface area contributed by atoms with Crippen LogP contribution >= 0.6 is 11.6 Å². The van der Waals surface area contributed by atoms with Gasteiger partial charge in [0.05, 0.1) is 0 Å². The summed E-state index contributed by atoms with van der Waals surface area (Å²) in [7, 11) is 0. The van der Waals surface area contributed by atoms with Crippen molar-refractivity contribution >= 4 is 17.3 Å². The number of hydrogen-bond acceptors (Lipinski definition) is 2. The van der Waals surface area contributed by atoms with E-state index < -0.39 is 0 Å². The predicted molar refractivity (Wildman–Crippen MR) is 65.8 cm³/mol. The molecule has 0 aromatic heterocycles. The standard InChI is InChI=1S/C12H17ClN2/c1-9-3-4-11(10(2)7-9)15-6-5-14-8-12(15)13/h3-4,7,12,14H,5-6,8H2,1-2H3. The molecule has 0 saturated carbocycles. The Kier molecular flexibility index (Phi) is 3.17. The number of rotatable bonds is 1. The maximum Gasteiger partial charge on any atom is 0.116 e. The maximum atomic E-state index is 6.29. The lowest BCUT2D eigenvalue weighted by molar-refractivity contribution is 0.558. The normalized spacial score (nSPS) is 21.8. The molecular formula is C12H17ClN2. The lowest BCUT2D eigenvalue weighted by Gasteiger charge is -2.35. The van der Waals surface area contributed by atoms with Crippen LogP contribution < -0.4 is 10.2 Å². The van der Waals surface area contributed by atoms with Crippen LogP contribution in [-0.2, 0) is 0 Å². The quantitative estimate of drug-likeness (QED) is 0.582. The number of piperazine rings is 1. The van der Waals surface area contributed by atoms with Gasteiger partial charge in [-0.3, -0.25) is 0 Å². The number of hydrogen-bond donors (Lipinski definition) is 1. The second kappa shape index (κ2) is 4.42. The Hall–Kier alpha value is -0.730. The molecule has 0 aliphatic carbocycles. The number of halogens is 1. The fourth-order valence-corrected chi connectivity index (χ4v) is 2.38. The lowest BCUT2D eigenvalue weighted by atomic mass is 10.1. The van der Waals surface area contributed by atoms with E-state index in [1.165, 1.54) is 16.8 Å². The molecule has 1 unspecified atom stereocenters. The van der Waals surface area contributed by atoms with Gasteiger partial charge in [0.1, 0.15) is 5.50 Å². The number of aryl methyl sites for hydroxylation is 2. The van der Waals surface area contributed by atoms with Gasteiger partial charge in [-0.15, -0.1) is 0 Å². The zero-order chi connectivity index (χ0) is 10.8. The molecule has 0 amide bonds. The van der Waals surface area contributed by atoms with E-state index in [9.17, 15) is 0 Å². The number of alkyl halides is 1. The summed E-state index contributed by atoms with van der Waals surface area (Å²) in [5, 5.41) is 3.29. The first-order chi connectivity index (χ1) is 7.18. The third kappa shape index (κ3) is 2.27. The van der Waals surface area contributed by atoms with Crippen molar-refractivity contribution in [2.75, 3.05) is 24.5 Å². The summed E-state index contributed by atoms with van der Waals surface area (Å²) >= 11 is 6.29. The first kappa shape index (κ1) is 10.8. The summed E-state index contributed by atoms with van der Waals surface area (Å²) in [5.74, 6) is 0. The summed E-state index contributed by atoms with van der Waals surface area (Å²) in [4.78, 5) is 2.27. The van der Waals surface area contributed by atoms with Gasteiger partial charge in [-0.25, -0.2) is 0 Å². The van der Waals surface area contributed by atoms with Gasteiger partial charge in [-0.1, -0.05) is 29.3 Å². The fraction of sp³-hybridized carbons (Fsp3) is 0.500. The van der Waals surface area contributed by atoms with Crippen molar-refractivity contribution < 1.29 is 0 Å². The maximum absolute atomic E-state index is 6.29. The molecule has 15 heavy (non-hydrogen) atoms. The minimum Gasteiger partial charge on any atom is -0.353 e. The molecule has 1 aromatic rings. The zero-order valence-electron chi connectivity index (χ0n) is 9.26. The van der Waals surface area contributed by atoms with Gasteiger partial charge in [-0.2, -0.15) is 0 Å². The average molecular weight is 225 g/mol. The van der Waals surface area contributed by atoms with Crippen LogP contribution in [0.1, 0.15) is 11.1 Å². The van der Waals surface area contributed by atoms with Crippen LogP contribution in [-0.4, -0.2) is 25.1 Å². The van der Waals surface area contributed by atoms with Crippen molar-refractivity contribution in [3.63, 3.8) is 0 Å². The van der Waals surface area contributed by atoms with Gasteiger partial charge in [-0.05, 0) is 25.5 Å². The van der Waals surface area contributed by atoms with Crippen LogP contribution in [0.5, 0.6) is 0 Å². The smallest absolute Gasteiger partial charge is 0.116 e. The van der Waals surface area contributed by atoms with Crippen molar-refractivity contribution in [2.45, 2.75) is 19.3 Å². The van der Waals surface area contributed by atoms with E-state index >= 15 is 0 Å². The van der Waals surface area contributed by atoms with Gasteiger partial charge in [0.15, 0.2) is 0 Å². The molecule has 0 bridgehead atoms. The zero-order valence-corrected chi connectivity index (χ0v) is 10.0. The van der Waals surface area contributed by atoms with Crippen molar-refractivity contribution in [1.29, 1.82) is 0 Å². The summed E-state index contributed by atoms with van der Waals surface area (Å²) in [5.41, 5.74) is 3.95. The Bertz CT molecular complexity index is 351. The van der Waals surface area contributed by atoms with Crippen LogP contribution in [0.15, 0.2) is 18.2 Å². The molecule has 1 aromatic carbocycles. The highest BCUT2D eigenvalue weighted by Gasteiger charge is 2.20. The van der Waals surface area contributed by atoms with Crippen LogP contribution in [0, 0.1) is 13.8 Å². The van der Waals surface area contributed by atoms with E-state index in [0.29, 0.717) is 0 Å². The topological polar surface area (TPSA) is 15.3 Å². The Morgan fingerprint density at radius 3 is 2.87 bits per heavy atom. The van der Waals surface area contributed by atoms with Gasteiger partial charge in [0.2, 0.25) is 0 Å². The largest absolute Gasteiger partial charge is 0.353 e. The van der Waals surface area contributed by atoms with Gasteiger partial charge >= 0.3 is 0 Å².